The van der Waals surface area contributed by atoms with Crippen molar-refractivity contribution in [2.24, 2.45) is 0 Å². The summed E-state index contributed by atoms with van der Waals surface area (Å²) in [6.07, 6.45) is 0.509. The van der Waals surface area contributed by atoms with Crippen molar-refractivity contribution < 1.29 is 9.53 Å². The van der Waals surface area contributed by atoms with Gasteiger partial charge >= 0.3 is 5.97 Å². The second-order valence-electron chi connectivity index (χ2n) is 4.24. The Bertz CT molecular complexity index is 231. The SMILES string of the molecule is C=C(C)CC(=C)C(=O)OC(C)(C)C. The van der Waals surface area contributed by atoms with Crippen LogP contribution in [-0.2, 0) is 9.53 Å². The van der Waals surface area contributed by atoms with Crippen molar-refractivity contribution in [3.63, 3.8) is 0 Å². The molecular weight excluding hydrogens is 164 g/mol. The van der Waals surface area contributed by atoms with Gasteiger partial charge in [0.2, 0.25) is 0 Å². The maximum atomic E-state index is 11.3. The summed E-state index contributed by atoms with van der Waals surface area (Å²) in [6, 6.07) is 0. The summed E-state index contributed by atoms with van der Waals surface area (Å²) in [5, 5.41) is 0. The first kappa shape index (κ1) is 11.9. The average Bonchev–Trinajstić information content (AvgIpc) is 1.81. The maximum absolute atomic E-state index is 11.3. The van der Waals surface area contributed by atoms with Crippen molar-refractivity contribution in [3.05, 3.63) is 24.3 Å². The predicted octanol–water partition coefficient (Wildman–Crippen LogP) is 2.85. The zero-order valence-corrected chi connectivity index (χ0v) is 8.94. The van der Waals surface area contributed by atoms with E-state index in [1.165, 1.54) is 0 Å². The molecule has 0 aliphatic rings. The molecule has 0 atom stereocenters. The fourth-order valence-corrected chi connectivity index (χ4v) is 0.787. The van der Waals surface area contributed by atoms with Gasteiger partial charge in [-0.05, 0) is 34.1 Å². The van der Waals surface area contributed by atoms with E-state index in [9.17, 15) is 4.79 Å². The molecule has 0 saturated heterocycles. The molecule has 2 nitrogen and oxygen atoms in total. The Kier molecular flexibility index (Phi) is 3.92. The molecule has 0 radical (unpaired) electrons. The highest BCUT2D eigenvalue weighted by atomic mass is 16.6. The molecule has 0 unspecified atom stereocenters. The quantitative estimate of drug-likeness (QED) is 0.381. The van der Waals surface area contributed by atoms with Gasteiger partial charge < -0.3 is 4.74 Å². The van der Waals surface area contributed by atoms with Gasteiger partial charge in [0.05, 0.1) is 0 Å². The minimum atomic E-state index is -0.449. The van der Waals surface area contributed by atoms with Crippen molar-refractivity contribution in [1.82, 2.24) is 0 Å². The minimum absolute atomic E-state index is 0.337. The Hall–Kier alpha value is -1.05. The lowest BCUT2D eigenvalue weighted by Gasteiger charge is -2.20. The second kappa shape index (κ2) is 4.26. The van der Waals surface area contributed by atoms with E-state index in [1.54, 1.807) is 0 Å². The minimum Gasteiger partial charge on any atom is -0.457 e. The number of hydrogen-bond donors (Lipinski definition) is 0. The average molecular weight is 182 g/mol. The molecule has 0 aliphatic carbocycles. The molecule has 0 saturated carbocycles. The summed E-state index contributed by atoms with van der Waals surface area (Å²) >= 11 is 0. The molecule has 0 aliphatic heterocycles. The van der Waals surface area contributed by atoms with E-state index in [2.05, 4.69) is 13.2 Å². The van der Waals surface area contributed by atoms with E-state index in [0.717, 1.165) is 5.57 Å². The van der Waals surface area contributed by atoms with Gasteiger partial charge in [0.25, 0.3) is 0 Å². The van der Waals surface area contributed by atoms with Crippen molar-refractivity contribution in [3.8, 4) is 0 Å². The van der Waals surface area contributed by atoms with Gasteiger partial charge in [-0.25, -0.2) is 4.79 Å². The first-order chi connectivity index (χ1) is 5.72. The molecule has 0 amide bonds. The Morgan fingerprint density at radius 3 is 2.08 bits per heavy atom. The molecule has 0 rings (SSSR count). The zero-order valence-electron chi connectivity index (χ0n) is 8.94. The third-order valence-electron chi connectivity index (χ3n) is 1.20. The lowest BCUT2D eigenvalue weighted by Crippen LogP contribution is -2.24. The highest BCUT2D eigenvalue weighted by Crippen LogP contribution is 2.14. The molecule has 0 aromatic rings. The van der Waals surface area contributed by atoms with Gasteiger partial charge in [-0.15, -0.1) is 0 Å². The van der Waals surface area contributed by atoms with Gasteiger partial charge in [0, 0.05) is 5.57 Å². The topological polar surface area (TPSA) is 26.3 Å². The Balaban J connectivity index is 4.13. The Morgan fingerprint density at radius 2 is 1.77 bits per heavy atom. The van der Waals surface area contributed by atoms with Crippen LogP contribution in [0.15, 0.2) is 24.3 Å². The van der Waals surface area contributed by atoms with E-state index < -0.39 is 5.60 Å². The number of carbonyl (C=O) groups excluding carboxylic acids is 1. The van der Waals surface area contributed by atoms with Gasteiger partial charge in [0.1, 0.15) is 5.60 Å². The van der Waals surface area contributed by atoms with Gasteiger partial charge in [-0.1, -0.05) is 18.7 Å². The van der Waals surface area contributed by atoms with Crippen LogP contribution >= 0.6 is 0 Å². The number of allylic oxidation sites excluding steroid dienone is 1. The van der Waals surface area contributed by atoms with E-state index in [0.29, 0.717) is 12.0 Å². The molecule has 2 heteroatoms. The molecule has 0 aromatic carbocycles. The summed E-state index contributed by atoms with van der Waals surface area (Å²) in [5.41, 5.74) is 0.924. The van der Waals surface area contributed by atoms with Crippen molar-refractivity contribution in [1.29, 1.82) is 0 Å². The number of rotatable bonds is 3. The molecule has 13 heavy (non-hydrogen) atoms. The smallest absolute Gasteiger partial charge is 0.334 e. The van der Waals surface area contributed by atoms with Crippen LogP contribution in [0.25, 0.3) is 0 Å². The third kappa shape index (κ3) is 6.14. The van der Waals surface area contributed by atoms with Gasteiger partial charge in [-0.2, -0.15) is 0 Å². The summed E-state index contributed by atoms with van der Waals surface area (Å²) in [7, 11) is 0. The molecular formula is C11H18O2. The molecule has 0 heterocycles. The number of carbonyl (C=O) groups is 1. The molecule has 0 bridgehead atoms. The van der Waals surface area contributed by atoms with Crippen LogP contribution in [0.3, 0.4) is 0 Å². The number of esters is 1. The van der Waals surface area contributed by atoms with Gasteiger partial charge in [0.15, 0.2) is 0 Å². The van der Waals surface area contributed by atoms with E-state index in [-0.39, 0.29) is 5.97 Å². The van der Waals surface area contributed by atoms with Crippen LogP contribution in [-0.4, -0.2) is 11.6 Å². The molecule has 0 fully saturated rings. The molecule has 0 spiro atoms. The van der Waals surface area contributed by atoms with Crippen LogP contribution in [0.1, 0.15) is 34.1 Å². The number of hydrogen-bond acceptors (Lipinski definition) is 2. The second-order valence-corrected chi connectivity index (χ2v) is 4.24. The van der Waals surface area contributed by atoms with E-state index in [4.69, 9.17) is 4.74 Å². The predicted molar refractivity (Wildman–Crippen MR) is 54.4 cm³/mol. The zero-order chi connectivity index (χ0) is 10.6. The monoisotopic (exact) mass is 182 g/mol. The third-order valence-corrected chi connectivity index (χ3v) is 1.20. The molecule has 74 valence electrons. The first-order valence-electron chi connectivity index (χ1n) is 4.28. The summed E-state index contributed by atoms with van der Waals surface area (Å²) in [5.74, 6) is -0.337. The largest absolute Gasteiger partial charge is 0.457 e. The van der Waals surface area contributed by atoms with E-state index in [1.807, 2.05) is 27.7 Å². The van der Waals surface area contributed by atoms with Crippen LogP contribution in [0.2, 0.25) is 0 Å². The van der Waals surface area contributed by atoms with Crippen LogP contribution in [0.4, 0.5) is 0 Å². The summed E-state index contributed by atoms with van der Waals surface area (Å²) in [4.78, 5) is 11.3. The van der Waals surface area contributed by atoms with E-state index >= 15 is 0 Å². The number of ether oxygens (including phenoxy) is 1. The van der Waals surface area contributed by atoms with Crippen LogP contribution < -0.4 is 0 Å². The summed E-state index contributed by atoms with van der Waals surface area (Å²) in [6.45, 7) is 14.7. The standard InChI is InChI=1S/C11H18O2/c1-8(2)7-9(3)10(12)13-11(4,5)6/h1,3,7H2,2,4-6H3. The maximum Gasteiger partial charge on any atom is 0.334 e. The molecule has 0 aromatic heterocycles. The fourth-order valence-electron chi connectivity index (χ4n) is 0.787. The first-order valence-corrected chi connectivity index (χ1v) is 4.28. The van der Waals surface area contributed by atoms with Crippen molar-refractivity contribution in [2.75, 3.05) is 0 Å². The molecule has 0 N–H and O–H groups in total. The Labute approximate surface area is 80.3 Å². The fraction of sp³-hybridized carbons (Fsp3) is 0.545. The lowest BCUT2D eigenvalue weighted by molar-refractivity contribution is -0.149. The van der Waals surface area contributed by atoms with Crippen LogP contribution in [0, 0.1) is 0 Å². The van der Waals surface area contributed by atoms with Crippen molar-refractivity contribution in [2.45, 2.75) is 39.7 Å². The van der Waals surface area contributed by atoms with Crippen molar-refractivity contribution >= 4 is 5.97 Å². The highest BCUT2D eigenvalue weighted by Gasteiger charge is 2.18. The summed E-state index contributed by atoms with van der Waals surface area (Å²) < 4.78 is 5.12. The lowest BCUT2D eigenvalue weighted by atomic mass is 10.1. The highest BCUT2D eigenvalue weighted by molar-refractivity contribution is 5.88. The normalized spacial score (nSPS) is 10.8. The van der Waals surface area contributed by atoms with Crippen LogP contribution in [0.5, 0.6) is 0 Å². The Morgan fingerprint density at radius 1 is 1.31 bits per heavy atom. The van der Waals surface area contributed by atoms with Gasteiger partial charge in [-0.3, -0.25) is 0 Å².